The molecule has 0 saturated carbocycles. The Balaban J connectivity index is 3.17. The second-order valence-electron chi connectivity index (χ2n) is 3.56. The lowest BCUT2D eigenvalue weighted by Crippen LogP contribution is -2.37. The highest BCUT2D eigenvalue weighted by Crippen LogP contribution is 2.17. The average Bonchev–Trinajstić information content (AvgIpc) is 2.32. The predicted molar refractivity (Wildman–Crippen MR) is 62.6 cm³/mol. The molecule has 0 atom stereocenters. The highest BCUT2D eigenvalue weighted by atomic mass is 35.5. The second-order valence-corrected chi connectivity index (χ2v) is 3.91. The van der Waals surface area contributed by atoms with Gasteiger partial charge in [0.05, 0.1) is 5.52 Å². The summed E-state index contributed by atoms with van der Waals surface area (Å²) in [5, 5.41) is 0.0441. The molecule has 0 bridgehead atoms. The average molecular weight is 254 g/mol. The Bertz CT molecular complexity index is 745. The van der Waals surface area contributed by atoms with E-state index in [-0.39, 0.29) is 16.2 Å². The molecule has 0 N–H and O–H groups in total. The number of pyridine rings is 1. The summed E-state index contributed by atoms with van der Waals surface area (Å²) < 4.78 is 2.19. The quantitative estimate of drug-likeness (QED) is 0.534. The van der Waals surface area contributed by atoms with Crippen molar-refractivity contribution in [2.24, 2.45) is 14.1 Å². The van der Waals surface area contributed by atoms with E-state index in [2.05, 4.69) is 4.98 Å². The Hall–Kier alpha value is -1.95. The van der Waals surface area contributed by atoms with Crippen LogP contribution in [-0.4, -0.2) is 20.4 Å². The number of carbonyl (C=O) groups is 1. The number of fused-ring (bicyclic) bond motifs is 1. The molecule has 0 aromatic carbocycles. The third-order valence-corrected chi connectivity index (χ3v) is 2.82. The Labute approximate surface area is 100 Å². The minimum absolute atomic E-state index is 0.0748. The lowest BCUT2D eigenvalue weighted by atomic mass is 10.2. The molecule has 2 aromatic heterocycles. The molecule has 0 saturated heterocycles. The van der Waals surface area contributed by atoms with Crippen LogP contribution in [0.3, 0.4) is 0 Å². The number of nitrogens with zero attached hydrogens (tertiary/aromatic N) is 3. The van der Waals surface area contributed by atoms with Crippen LogP contribution in [0.2, 0.25) is 5.15 Å². The molecule has 0 unspecified atom stereocenters. The first-order valence-corrected chi connectivity index (χ1v) is 5.06. The molecule has 17 heavy (non-hydrogen) atoms. The van der Waals surface area contributed by atoms with Crippen LogP contribution >= 0.6 is 11.6 Å². The van der Waals surface area contributed by atoms with Gasteiger partial charge in [0.1, 0.15) is 16.2 Å². The summed E-state index contributed by atoms with van der Waals surface area (Å²) in [7, 11) is 2.85. The van der Waals surface area contributed by atoms with Crippen LogP contribution < -0.4 is 11.2 Å². The smallest absolute Gasteiger partial charge is 0.296 e. The van der Waals surface area contributed by atoms with E-state index in [1.807, 2.05) is 0 Å². The SMILES string of the molecule is Cn1c(=O)c2c(Cl)nc(C=O)cc2n(C)c1=O. The first kappa shape index (κ1) is 11.5. The summed E-state index contributed by atoms with van der Waals surface area (Å²) >= 11 is 5.84. The van der Waals surface area contributed by atoms with Crippen molar-refractivity contribution in [1.29, 1.82) is 0 Å². The first-order chi connectivity index (χ1) is 7.97. The van der Waals surface area contributed by atoms with Gasteiger partial charge in [-0.25, -0.2) is 9.78 Å². The third kappa shape index (κ3) is 1.57. The summed E-state index contributed by atoms with van der Waals surface area (Å²) in [5.74, 6) is 0. The molecule has 0 aliphatic carbocycles. The van der Waals surface area contributed by atoms with Gasteiger partial charge >= 0.3 is 5.69 Å². The molecular formula is C10H8ClN3O3. The van der Waals surface area contributed by atoms with Gasteiger partial charge in [-0.1, -0.05) is 11.6 Å². The van der Waals surface area contributed by atoms with E-state index in [0.717, 1.165) is 4.57 Å². The molecule has 7 heteroatoms. The zero-order valence-electron chi connectivity index (χ0n) is 9.10. The number of rotatable bonds is 1. The maximum absolute atomic E-state index is 11.9. The van der Waals surface area contributed by atoms with Crippen LogP contribution in [0.25, 0.3) is 10.9 Å². The Morgan fingerprint density at radius 2 is 1.94 bits per heavy atom. The minimum atomic E-state index is -0.530. The van der Waals surface area contributed by atoms with Gasteiger partial charge in [0.25, 0.3) is 5.56 Å². The number of hydrogen-bond donors (Lipinski definition) is 0. The maximum Gasteiger partial charge on any atom is 0.330 e. The normalized spacial score (nSPS) is 10.8. The minimum Gasteiger partial charge on any atom is -0.296 e. The van der Waals surface area contributed by atoms with E-state index in [1.165, 1.54) is 24.7 Å². The molecule has 0 amide bonds. The molecule has 0 aliphatic rings. The zero-order chi connectivity index (χ0) is 12.7. The Kier molecular flexibility index (Phi) is 2.59. The molecule has 2 rings (SSSR count). The summed E-state index contributed by atoms with van der Waals surface area (Å²) in [6.45, 7) is 0. The monoisotopic (exact) mass is 253 g/mol. The standard InChI is InChI=1S/C10H8ClN3O3/c1-13-6-3-5(4-15)12-8(11)7(6)9(16)14(2)10(13)17/h3-4H,1-2H3. The van der Waals surface area contributed by atoms with Gasteiger partial charge in [0, 0.05) is 14.1 Å². The summed E-state index contributed by atoms with van der Waals surface area (Å²) in [4.78, 5) is 38.0. The molecule has 0 fully saturated rings. The molecule has 0 aliphatic heterocycles. The Morgan fingerprint density at radius 1 is 1.29 bits per heavy atom. The van der Waals surface area contributed by atoms with Crippen LogP contribution in [0.4, 0.5) is 0 Å². The number of aromatic nitrogens is 3. The fourth-order valence-corrected chi connectivity index (χ4v) is 1.90. The van der Waals surface area contributed by atoms with Crippen LogP contribution in [0, 0.1) is 0 Å². The van der Waals surface area contributed by atoms with Crippen molar-refractivity contribution in [2.75, 3.05) is 0 Å². The van der Waals surface area contributed by atoms with Crippen molar-refractivity contribution < 1.29 is 4.79 Å². The predicted octanol–water partition coefficient (Wildman–Crippen LogP) is 0.0981. The van der Waals surface area contributed by atoms with Crippen molar-refractivity contribution in [2.45, 2.75) is 0 Å². The van der Waals surface area contributed by atoms with Crippen molar-refractivity contribution >= 4 is 28.8 Å². The largest absolute Gasteiger partial charge is 0.330 e. The van der Waals surface area contributed by atoms with Crippen molar-refractivity contribution in [3.8, 4) is 0 Å². The number of aldehydes is 1. The van der Waals surface area contributed by atoms with Gasteiger partial charge < -0.3 is 0 Å². The molecule has 2 aromatic rings. The summed E-state index contributed by atoms with van der Waals surface area (Å²) in [6.07, 6.45) is 0.507. The summed E-state index contributed by atoms with van der Waals surface area (Å²) in [5.41, 5.74) is -0.648. The number of aryl methyl sites for hydroxylation is 1. The maximum atomic E-state index is 11.9. The number of hydrogen-bond acceptors (Lipinski definition) is 4. The highest BCUT2D eigenvalue weighted by Gasteiger charge is 2.13. The van der Waals surface area contributed by atoms with Crippen LogP contribution in [-0.2, 0) is 14.1 Å². The number of carbonyl (C=O) groups excluding carboxylic acids is 1. The molecule has 6 nitrogen and oxygen atoms in total. The molecule has 0 radical (unpaired) electrons. The molecular weight excluding hydrogens is 246 g/mol. The van der Waals surface area contributed by atoms with Crippen LogP contribution in [0.1, 0.15) is 10.5 Å². The van der Waals surface area contributed by atoms with Gasteiger partial charge in [0.15, 0.2) is 6.29 Å². The Morgan fingerprint density at radius 3 is 2.53 bits per heavy atom. The van der Waals surface area contributed by atoms with Crippen molar-refractivity contribution in [3.05, 3.63) is 37.8 Å². The second kappa shape index (κ2) is 3.81. The van der Waals surface area contributed by atoms with Crippen LogP contribution in [0.5, 0.6) is 0 Å². The van der Waals surface area contributed by atoms with E-state index in [1.54, 1.807) is 0 Å². The van der Waals surface area contributed by atoms with E-state index in [0.29, 0.717) is 11.8 Å². The van der Waals surface area contributed by atoms with Gasteiger partial charge in [0.2, 0.25) is 0 Å². The zero-order valence-corrected chi connectivity index (χ0v) is 9.85. The van der Waals surface area contributed by atoms with Gasteiger partial charge in [-0.05, 0) is 6.07 Å². The van der Waals surface area contributed by atoms with Crippen molar-refractivity contribution in [3.63, 3.8) is 0 Å². The lowest BCUT2D eigenvalue weighted by molar-refractivity contribution is 0.111. The van der Waals surface area contributed by atoms with Crippen LogP contribution in [0.15, 0.2) is 15.7 Å². The first-order valence-electron chi connectivity index (χ1n) is 4.69. The molecule has 2 heterocycles. The summed E-state index contributed by atoms with van der Waals surface area (Å²) in [6, 6.07) is 1.36. The van der Waals surface area contributed by atoms with E-state index in [4.69, 9.17) is 11.6 Å². The lowest BCUT2D eigenvalue weighted by Gasteiger charge is -2.08. The highest BCUT2D eigenvalue weighted by molar-refractivity contribution is 6.34. The van der Waals surface area contributed by atoms with E-state index < -0.39 is 11.2 Å². The fraction of sp³-hybridized carbons (Fsp3) is 0.200. The van der Waals surface area contributed by atoms with Gasteiger partial charge in [-0.2, -0.15) is 0 Å². The van der Waals surface area contributed by atoms with E-state index in [9.17, 15) is 14.4 Å². The van der Waals surface area contributed by atoms with Gasteiger partial charge in [-0.15, -0.1) is 0 Å². The topological polar surface area (TPSA) is 74.0 Å². The van der Waals surface area contributed by atoms with E-state index >= 15 is 0 Å². The fourth-order valence-electron chi connectivity index (χ4n) is 1.62. The number of halogens is 1. The third-order valence-electron chi connectivity index (χ3n) is 2.55. The van der Waals surface area contributed by atoms with Crippen molar-refractivity contribution in [1.82, 2.24) is 14.1 Å². The van der Waals surface area contributed by atoms with Gasteiger partial charge in [-0.3, -0.25) is 18.7 Å². The molecule has 0 spiro atoms. The molecule has 88 valence electrons.